The number of carbonyl (C=O) groups is 2. The fraction of sp³-hybridized carbons (Fsp3) is 0.484. The van der Waals surface area contributed by atoms with E-state index in [-0.39, 0.29) is 6.42 Å². The summed E-state index contributed by atoms with van der Waals surface area (Å²) in [6.07, 6.45) is 24.6. The van der Waals surface area contributed by atoms with Gasteiger partial charge in [0.2, 0.25) is 0 Å². The van der Waals surface area contributed by atoms with Gasteiger partial charge in [-0.05, 0) is 56.1 Å². The molecule has 2 aromatic rings. The second-order valence-corrected chi connectivity index (χ2v) is 9.21. The Bertz CT molecular complexity index is 1040. The van der Waals surface area contributed by atoms with Crippen LogP contribution in [0.4, 0.5) is 0 Å². The van der Waals surface area contributed by atoms with Gasteiger partial charge in [0.05, 0.1) is 0 Å². The van der Waals surface area contributed by atoms with Crippen LogP contribution in [0, 0.1) is 11.8 Å². The van der Waals surface area contributed by atoms with E-state index in [1.54, 1.807) is 6.20 Å². The van der Waals surface area contributed by atoms with Crippen molar-refractivity contribution in [3.05, 3.63) is 60.3 Å². The number of allylic oxidation sites excluding steroid dienone is 4. The number of para-hydroxylation sites is 1. The number of H-pyrrole nitrogens is 1. The molecule has 1 aromatic heterocycles. The van der Waals surface area contributed by atoms with E-state index in [0.29, 0.717) is 6.42 Å². The van der Waals surface area contributed by atoms with Crippen LogP contribution in [0.5, 0.6) is 0 Å². The standard InChI is InChI=1S/C31H42N2O3/c1-2-3-4-5-6-7-8-9-10-11-12-13-14-15-16-17-18-23-30(34)33-29(31(35)36)24-26-25-32-28-22-20-19-21-27(26)28/h6-7,9-10,19-22,25,29,32H,2-5,8,11-17,24H2,1H3,(H,33,34)(H,35,36)/b7-6+,10-9+. The van der Waals surface area contributed by atoms with Crippen molar-refractivity contribution in [2.75, 3.05) is 0 Å². The molecule has 2 rings (SSSR count). The molecule has 1 amide bonds. The number of aromatic nitrogens is 1. The number of rotatable bonds is 17. The zero-order valence-electron chi connectivity index (χ0n) is 21.7. The summed E-state index contributed by atoms with van der Waals surface area (Å²) in [6.45, 7) is 2.23. The highest BCUT2D eigenvalue weighted by Crippen LogP contribution is 2.19. The SMILES string of the molecule is CCCCC/C=C/C/C=C/CCCCCCCC#CC(=O)NC(Cc1c[nH]c2ccccc12)C(=O)O. The average molecular weight is 491 g/mol. The summed E-state index contributed by atoms with van der Waals surface area (Å²) in [5.41, 5.74) is 1.80. The number of carboxylic acid groups (broad SMARTS) is 1. The van der Waals surface area contributed by atoms with E-state index >= 15 is 0 Å². The maximum atomic E-state index is 12.1. The van der Waals surface area contributed by atoms with Gasteiger partial charge in [0.25, 0.3) is 5.91 Å². The second kappa shape index (κ2) is 18.1. The lowest BCUT2D eigenvalue weighted by Crippen LogP contribution is -2.41. The van der Waals surface area contributed by atoms with Crippen molar-refractivity contribution in [3.8, 4) is 11.8 Å². The van der Waals surface area contributed by atoms with Crippen molar-refractivity contribution in [1.29, 1.82) is 0 Å². The lowest BCUT2D eigenvalue weighted by Gasteiger charge is -2.12. The van der Waals surface area contributed by atoms with E-state index in [4.69, 9.17) is 0 Å². The van der Waals surface area contributed by atoms with E-state index in [1.807, 2.05) is 24.3 Å². The van der Waals surface area contributed by atoms with Gasteiger partial charge in [-0.3, -0.25) is 4.79 Å². The van der Waals surface area contributed by atoms with Crippen molar-refractivity contribution in [1.82, 2.24) is 10.3 Å². The van der Waals surface area contributed by atoms with E-state index in [2.05, 4.69) is 53.4 Å². The number of unbranched alkanes of at least 4 members (excludes halogenated alkanes) is 9. The van der Waals surface area contributed by atoms with Crippen molar-refractivity contribution in [2.45, 2.75) is 96.4 Å². The molecule has 0 fully saturated rings. The molecule has 0 aliphatic carbocycles. The predicted octanol–water partition coefficient (Wildman–Crippen LogP) is 7.10. The molecule has 1 atom stereocenters. The predicted molar refractivity (Wildman–Crippen MR) is 149 cm³/mol. The van der Waals surface area contributed by atoms with Crippen LogP contribution in [-0.4, -0.2) is 28.0 Å². The van der Waals surface area contributed by atoms with Crippen LogP contribution < -0.4 is 5.32 Å². The number of nitrogens with one attached hydrogen (secondary N) is 2. The van der Waals surface area contributed by atoms with Gasteiger partial charge in [-0.25, -0.2) is 4.79 Å². The quantitative estimate of drug-likeness (QED) is 0.126. The van der Waals surface area contributed by atoms with Crippen LogP contribution in [0.1, 0.15) is 89.5 Å². The third kappa shape index (κ3) is 11.9. The van der Waals surface area contributed by atoms with Gasteiger partial charge in [-0.1, -0.05) is 87.5 Å². The lowest BCUT2D eigenvalue weighted by atomic mass is 10.0. The van der Waals surface area contributed by atoms with Crippen molar-refractivity contribution in [3.63, 3.8) is 0 Å². The summed E-state index contributed by atoms with van der Waals surface area (Å²) >= 11 is 0. The number of aliphatic carboxylic acids is 1. The van der Waals surface area contributed by atoms with Gasteiger partial charge in [0, 0.05) is 29.9 Å². The molecule has 0 spiro atoms. The molecule has 194 valence electrons. The molecule has 0 aliphatic heterocycles. The van der Waals surface area contributed by atoms with Crippen LogP contribution in [-0.2, 0) is 16.0 Å². The normalized spacial score (nSPS) is 12.1. The second-order valence-electron chi connectivity index (χ2n) is 9.21. The summed E-state index contributed by atoms with van der Waals surface area (Å²) in [7, 11) is 0. The van der Waals surface area contributed by atoms with E-state index in [9.17, 15) is 14.7 Å². The van der Waals surface area contributed by atoms with Crippen molar-refractivity contribution < 1.29 is 14.7 Å². The largest absolute Gasteiger partial charge is 0.480 e. The number of fused-ring (bicyclic) bond motifs is 1. The molecule has 1 heterocycles. The molecule has 3 N–H and O–H groups in total. The Hall–Kier alpha value is -3.26. The van der Waals surface area contributed by atoms with E-state index in [1.165, 1.54) is 44.9 Å². The minimum absolute atomic E-state index is 0.206. The third-order valence-electron chi connectivity index (χ3n) is 6.16. The molecule has 0 saturated carbocycles. The summed E-state index contributed by atoms with van der Waals surface area (Å²) in [5.74, 6) is 3.83. The topological polar surface area (TPSA) is 82.2 Å². The minimum Gasteiger partial charge on any atom is -0.480 e. The first-order chi connectivity index (χ1) is 17.6. The molecule has 1 unspecified atom stereocenters. The number of aromatic amines is 1. The first kappa shape index (κ1) is 29.0. The van der Waals surface area contributed by atoms with Gasteiger partial charge >= 0.3 is 5.97 Å². The first-order valence-corrected chi connectivity index (χ1v) is 13.5. The van der Waals surface area contributed by atoms with Crippen LogP contribution in [0.3, 0.4) is 0 Å². The molecule has 1 aromatic carbocycles. The lowest BCUT2D eigenvalue weighted by molar-refractivity contribution is -0.141. The number of hydrogen-bond acceptors (Lipinski definition) is 2. The monoisotopic (exact) mass is 490 g/mol. The minimum atomic E-state index is -1.07. The van der Waals surface area contributed by atoms with Gasteiger partial charge in [-0.2, -0.15) is 0 Å². The Morgan fingerprint density at radius 1 is 0.972 bits per heavy atom. The molecule has 0 bridgehead atoms. The molecular weight excluding hydrogens is 448 g/mol. The fourth-order valence-corrected chi connectivity index (χ4v) is 4.08. The highest BCUT2D eigenvalue weighted by Gasteiger charge is 2.21. The van der Waals surface area contributed by atoms with Crippen LogP contribution in [0.2, 0.25) is 0 Å². The molecule has 0 aliphatic rings. The van der Waals surface area contributed by atoms with Crippen LogP contribution in [0.15, 0.2) is 54.8 Å². The smallest absolute Gasteiger partial charge is 0.326 e. The Morgan fingerprint density at radius 3 is 2.42 bits per heavy atom. The zero-order valence-corrected chi connectivity index (χ0v) is 21.7. The Kier molecular flexibility index (Phi) is 14.5. The molecule has 5 heteroatoms. The van der Waals surface area contributed by atoms with Gasteiger partial charge in [0.15, 0.2) is 0 Å². The summed E-state index contributed by atoms with van der Waals surface area (Å²) in [4.78, 5) is 26.9. The van der Waals surface area contributed by atoms with Crippen molar-refractivity contribution in [2.24, 2.45) is 0 Å². The van der Waals surface area contributed by atoms with Crippen molar-refractivity contribution >= 4 is 22.8 Å². The van der Waals surface area contributed by atoms with E-state index < -0.39 is 17.9 Å². The number of amides is 1. The Morgan fingerprint density at radius 2 is 1.67 bits per heavy atom. The highest BCUT2D eigenvalue weighted by molar-refractivity contribution is 5.96. The summed E-state index contributed by atoms with van der Waals surface area (Å²) in [5, 5.41) is 13.0. The number of carboxylic acids is 1. The molecule has 36 heavy (non-hydrogen) atoms. The van der Waals surface area contributed by atoms with Gasteiger partial charge < -0.3 is 15.4 Å². The van der Waals surface area contributed by atoms with E-state index in [0.717, 1.165) is 42.1 Å². The summed E-state index contributed by atoms with van der Waals surface area (Å²) in [6, 6.07) is 6.69. The maximum Gasteiger partial charge on any atom is 0.326 e. The number of carbonyl (C=O) groups excluding carboxylic acids is 1. The Balaban J connectivity index is 1.54. The molecule has 0 radical (unpaired) electrons. The number of hydrogen-bond donors (Lipinski definition) is 3. The first-order valence-electron chi connectivity index (χ1n) is 13.5. The highest BCUT2D eigenvalue weighted by atomic mass is 16.4. The van der Waals surface area contributed by atoms with Gasteiger partial charge in [0.1, 0.15) is 6.04 Å². The third-order valence-corrected chi connectivity index (χ3v) is 6.16. The fourth-order valence-electron chi connectivity index (χ4n) is 4.08. The molecule has 5 nitrogen and oxygen atoms in total. The van der Waals surface area contributed by atoms with Crippen LogP contribution in [0.25, 0.3) is 10.9 Å². The Labute approximate surface area is 216 Å². The van der Waals surface area contributed by atoms with Gasteiger partial charge in [-0.15, -0.1) is 0 Å². The summed E-state index contributed by atoms with van der Waals surface area (Å²) < 4.78 is 0. The zero-order chi connectivity index (χ0) is 25.8. The average Bonchev–Trinajstić information content (AvgIpc) is 3.28. The molecular formula is C31H42N2O3. The number of benzene rings is 1. The van der Waals surface area contributed by atoms with Crippen LogP contribution >= 0.6 is 0 Å². The molecule has 0 saturated heterocycles. The maximum absolute atomic E-state index is 12.1.